The Labute approximate surface area is 318 Å². The van der Waals surface area contributed by atoms with Gasteiger partial charge in [-0.3, -0.25) is 9.59 Å². The Balaban J connectivity index is -0.000000337. The highest BCUT2D eigenvalue weighted by Gasteiger charge is 1.98. The van der Waals surface area contributed by atoms with E-state index in [4.69, 9.17) is 40.9 Å². The molecule has 0 aliphatic heterocycles. The molecule has 10 heteroatoms. The van der Waals surface area contributed by atoms with E-state index in [1.807, 2.05) is 0 Å². The number of aliphatic hydroxyl groups excluding tert-OH is 6. The van der Waals surface area contributed by atoms with Crippen LogP contribution in [0.25, 0.3) is 0 Å². The summed E-state index contributed by atoms with van der Waals surface area (Å²) in [6.45, 7) is 3.06. The molecule has 0 saturated heterocycles. The number of carbonyl (C=O) groups is 2. The molecule has 0 unspecified atom stereocenters. The number of allylic oxidation sites excluding steroid dienone is 4. The standard InChI is InChI=1S/2C18H34O2.2C3H8O3/c2*1-2-3-4-5-6-7-8-9-10-11-12-13-14-15-16-17-18(19)20;2*4-1-3(6)2-5/h2*9-10H,2-8,11-17H2,1H3,(H,19,20);2*3-6H,1-2H2. The molecule has 0 atom stereocenters. The van der Waals surface area contributed by atoms with Crippen molar-refractivity contribution in [2.24, 2.45) is 0 Å². The number of rotatable bonds is 34. The molecule has 0 saturated carbocycles. The smallest absolute Gasteiger partial charge is 0.303 e. The van der Waals surface area contributed by atoms with Gasteiger partial charge < -0.3 is 40.9 Å². The maximum absolute atomic E-state index is 10.3. The van der Waals surface area contributed by atoms with Crippen LogP contribution in [0.2, 0.25) is 0 Å². The molecule has 0 aromatic heterocycles. The van der Waals surface area contributed by atoms with Gasteiger partial charge in [-0.25, -0.2) is 0 Å². The fourth-order valence-electron chi connectivity index (χ4n) is 4.81. The largest absolute Gasteiger partial charge is 0.481 e. The van der Waals surface area contributed by atoms with Gasteiger partial charge in [0.25, 0.3) is 0 Å². The lowest BCUT2D eigenvalue weighted by molar-refractivity contribution is -0.138. The van der Waals surface area contributed by atoms with Crippen LogP contribution in [0, 0.1) is 0 Å². The van der Waals surface area contributed by atoms with Gasteiger partial charge >= 0.3 is 11.9 Å². The Morgan fingerprint density at radius 2 is 0.596 bits per heavy atom. The van der Waals surface area contributed by atoms with Gasteiger partial charge in [0.05, 0.1) is 26.4 Å². The Hall–Kier alpha value is -1.82. The van der Waals surface area contributed by atoms with Crippen molar-refractivity contribution in [1.82, 2.24) is 0 Å². The molecular formula is C42H84O10. The average molecular weight is 749 g/mol. The van der Waals surface area contributed by atoms with Crippen LogP contribution in [0.5, 0.6) is 0 Å². The molecule has 52 heavy (non-hydrogen) atoms. The highest BCUT2D eigenvalue weighted by molar-refractivity contribution is 5.66. The van der Waals surface area contributed by atoms with Crippen LogP contribution in [-0.2, 0) is 9.59 Å². The summed E-state index contributed by atoms with van der Waals surface area (Å²) in [5.74, 6) is -1.33. The van der Waals surface area contributed by atoms with Crippen LogP contribution in [0.4, 0.5) is 0 Å². The Bertz CT molecular complexity index is 662. The molecule has 0 aromatic carbocycles. The van der Waals surface area contributed by atoms with Gasteiger partial charge in [-0.05, 0) is 64.2 Å². The van der Waals surface area contributed by atoms with Crippen molar-refractivity contribution in [1.29, 1.82) is 0 Å². The zero-order valence-corrected chi connectivity index (χ0v) is 33.5. The third kappa shape index (κ3) is 66.4. The van der Waals surface area contributed by atoms with E-state index in [2.05, 4.69) is 38.2 Å². The van der Waals surface area contributed by atoms with Crippen LogP contribution < -0.4 is 0 Å². The van der Waals surface area contributed by atoms with Crippen molar-refractivity contribution in [3.8, 4) is 0 Å². The van der Waals surface area contributed by atoms with E-state index < -0.39 is 24.1 Å². The molecule has 0 fully saturated rings. The summed E-state index contributed by atoms with van der Waals surface area (Å²) in [6, 6.07) is 0. The molecule has 0 bridgehead atoms. The first-order valence-corrected chi connectivity index (χ1v) is 20.7. The van der Waals surface area contributed by atoms with Gasteiger partial charge in [-0.1, -0.05) is 141 Å². The SMILES string of the molecule is CCCCCCCCC=CCCCCCCCC(=O)O.CCCCCCCCC=CCCCCCCCC(=O)O.OCC(O)CO.OCC(O)CO. The second-order valence-electron chi connectivity index (χ2n) is 13.5. The molecule has 0 aliphatic carbocycles. The molecule has 312 valence electrons. The summed E-state index contributed by atoms with van der Waals surface area (Å²) in [7, 11) is 0. The van der Waals surface area contributed by atoms with E-state index >= 15 is 0 Å². The Morgan fingerprint density at radius 3 is 0.788 bits per heavy atom. The summed E-state index contributed by atoms with van der Waals surface area (Å²) in [5.41, 5.74) is 0. The predicted octanol–water partition coefficient (Wildman–Crippen LogP) is 8.88. The van der Waals surface area contributed by atoms with Crippen LogP contribution in [-0.4, -0.2) is 91.4 Å². The topological polar surface area (TPSA) is 196 Å². The van der Waals surface area contributed by atoms with Crippen molar-refractivity contribution >= 4 is 11.9 Å². The first-order valence-electron chi connectivity index (χ1n) is 20.7. The number of hydrogen-bond acceptors (Lipinski definition) is 8. The van der Waals surface area contributed by atoms with Gasteiger partial charge in [0.2, 0.25) is 0 Å². The van der Waals surface area contributed by atoms with Crippen molar-refractivity contribution in [3.63, 3.8) is 0 Å². The summed E-state index contributed by atoms with van der Waals surface area (Å²) < 4.78 is 0. The molecule has 0 rings (SSSR count). The fourth-order valence-corrected chi connectivity index (χ4v) is 4.81. The summed E-state index contributed by atoms with van der Waals surface area (Å²) in [6.07, 6.45) is 40.6. The Morgan fingerprint density at radius 1 is 0.385 bits per heavy atom. The van der Waals surface area contributed by atoms with Crippen molar-refractivity contribution in [2.75, 3.05) is 26.4 Å². The highest BCUT2D eigenvalue weighted by atomic mass is 16.4. The van der Waals surface area contributed by atoms with E-state index in [-0.39, 0.29) is 26.4 Å². The summed E-state index contributed by atoms with van der Waals surface area (Å²) in [5, 5.41) is 65.0. The number of aliphatic carboxylic acids is 2. The van der Waals surface area contributed by atoms with Crippen LogP contribution in [0.3, 0.4) is 0 Å². The number of aliphatic hydroxyl groups is 6. The quantitative estimate of drug-likeness (QED) is 0.0232. The lowest BCUT2D eigenvalue weighted by Crippen LogP contribution is -2.15. The van der Waals surface area contributed by atoms with Crippen LogP contribution in [0.1, 0.15) is 194 Å². The zero-order valence-electron chi connectivity index (χ0n) is 33.5. The molecular weight excluding hydrogens is 664 g/mol. The molecule has 0 aliphatic rings. The first-order chi connectivity index (χ1) is 25.2. The van der Waals surface area contributed by atoms with Gasteiger partial charge in [0, 0.05) is 12.8 Å². The highest BCUT2D eigenvalue weighted by Crippen LogP contribution is 2.11. The third-order valence-electron chi connectivity index (χ3n) is 8.15. The van der Waals surface area contributed by atoms with E-state index in [0.717, 1.165) is 25.7 Å². The third-order valence-corrected chi connectivity index (χ3v) is 8.15. The number of unbranched alkanes of at least 4 members (excludes halogenated alkanes) is 22. The van der Waals surface area contributed by atoms with Crippen molar-refractivity contribution in [3.05, 3.63) is 24.3 Å². The lowest BCUT2D eigenvalue weighted by atomic mass is 10.1. The van der Waals surface area contributed by atoms with Crippen molar-refractivity contribution in [2.45, 2.75) is 206 Å². The lowest BCUT2D eigenvalue weighted by Gasteiger charge is -1.99. The second-order valence-corrected chi connectivity index (χ2v) is 13.5. The summed E-state index contributed by atoms with van der Waals surface area (Å²) in [4.78, 5) is 20.6. The fraction of sp³-hybridized carbons (Fsp3) is 0.857. The first kappa shape index (κ1) is 56.9. The van der Waals surface area contributed by atoms with E-state index in [0.29, 0.717) is 12.8 Å². The molecule has 8 N–H and O–H groups in total. The van der Waals surface area contributed by atoms with Gasteiger partial charge in [-0.2, -0.15) is 0 Å². The number of hydrogen-bond donors (Lipinski definition) is 8. The normalized spacial score (nSPS) is 11.0. The number of carboxylic acid groups (broad SMARTS) is 2. The van der Waals surface area contributed by atoms with Gasteiger partial charge in [0.1, 0.15) is 12.2 Å². The zero-order chi connectivity index (χ0) is 39.8. The van der Waals surface area contributed by atoms with Gasteiger partial charge in [-0.15, -0.1) is 0 Å². The maximum Gasteiger partial charge on any atom is 0.303 e. The van der Waals surface area contributed by atoms with E-state index in [1.54, 1.807) is 0 Å². The minimum atomic E-state index is -0.954. The average Bonchev–Trinajstić information content (AvgIpc) is 3.14. The van der Waals surface area contributed by atoms with E-state index in [1.165, 1.54) is 141 Å². The Kier molecular flexibility index (Phi) is 58.6. The predicted molar refractivity (Wildman–Crippen MR) is 215 cm³/mol. The molecule has 0 spiro atoms. The minimum Gasteiger partial charge on any atom is -0.481 e. The van der Waals surface area contributed by atoms with E-state index in [9.17, 15) is 9.59 Å². The van der Waals surface area contributed by atoms with Gasteiger partial charge in [0.15, 0.2) is 0 Å². The molecule has 0 radical (unpaired) electrons. The maximum atomic E-state index is 10.3. The van der Waals surface area contributed by atoms with Crippen LogP contribution >= 0.6 is 0 Å². The minimum absolute atomic E-state index is 0.332. The molecule has 0 heterocycles. The monoisotopic (exact) mass is 749 g/mol. The second kappa shape index (κ2) is 53.5. The van der Waals surface area contributed by atoms with Crippen molar-refractivity contribution < 1.29 is 50.4 Å². The number of carboxylic acids is 2. The molecule has 0 amide bonds. The summed E-state index contributed by atoms with van der Waals surface area (Å²) >= 11 is 0. The molecule has 0 aromatic rings. The van der Waals surface area contributed by atoms with Crippen LogP contribution in [0.15, 0.2) is 24.3 Å². The molecule has 10 nitrogen and oxygen atoms in total.